The van der Waals surface area contributed by atoms with E-state index in [4.69, 9.17) is 5.11 Å². The van der Waals surface area contributed by atoms with Gasteiger partial charge in [-0.1, -0.05) is 0 Å². The molecular formula is C12H16FNO2. The molecule has 1 N–H and O–H groups in total. The van der Waals surface area contributed by atoms with E-state index in [0.717, 1.165) is 0 Å². The zero-order valence-corrected chi connectivity index (χ0v) is 9.53. The van der Waals surface area contributed by atoms with Gasteiger partial charge in [-0.25, -0.2) is 4.39 Å². The zero-order valence-electron chi connectivity index (χ0n) is 9.53. The van der Waals surface area contributed by atoms with Gasteiger partial charge in [0.1, 0.15) is 5.82 Å². The number of benzene rings is 1. The summed E-state index contributed by atoms with van der Waals surface area (Å²) in [6, 6.07) is 4.41. The summed E-state index contributed by atoms with van der Waals surface area (Å²) in [6.45, 7) is 4.25. The molecule has 0 heterocycles. The summed E-state index contributed by atoms with van der Waals surface area (Å²) in [4.78, 5) is 12.8. The smallest absolute Gasteiger partial charge is 0.159 e. The normalized spacial score (nSPS) is 10.2. The highest BCUT2D eigenvalue weighted by atomic mass is 19.1. The van der Waals surface area contributed by atoms with Crippen LogP contribution in [-0.2, 0) is 0 Å². The molecule has 4 heteroatoms. The Morgan fingerprint density at radius 3 is 2.62 bits per heavy atom. The topological polar surface area (TPSA) is 40.5 Å². The monoisotopic (exact) mass is 225 g/mol. The first-order valence-electron chi connectivity index (χ1n) is 5.26. The number of Topliss-reactive ketones (excluding diaryl/α,β-unsaturated/α-hetero) is 1. The number of ketones is 1. The van der Waals surface area contributed by atoms with Gasteiger partial charge in [0.15, 0.2) is 5.78 Å². The number of halogens is 1. The largest absolute Gasteiger partial charge is 0.395 e. The number of likely N-dealkylation sites (N-methyl/N-ethyl adjacent to an activating group) is 1. The van der Waals surface area contributed by atoms with E-state index in [2.05, 4.69) is 0 Å². The predicted octanol–water partition coefficient (Wildman–Crippen LogP) is 1.85. The first kappa shape index (κ1) is 12.6. The second-order valence-electron chi connectivity index (χ2n) is 3.53. The Hall–Kier alpha value is -1.42. The molecule has 0 saturated heterocycles. The van der Waals surface area contributed by atoms with E-state index < -0.39 is 5.82 Å². The Morgan fingerprint density at radius 2 is 2.19 bits per heavy atom. The number of aliphatic hydroxyl groups excluding tert-OH is 1. The van der Waals surface area contributed by atoms with Crippen LogP contribution in [0.3, 0.4) is 0 Å². The van der Waals surface area contributed by atoms with Gasteiger partial charge in [0.2, 0.25) is 0 Å². The standard InChI is InChI=1S/C12H16FNO2/c1-3-14(6-7-15)12-5-4-10(9(2)16)8-11(12)13/h4-5,8,15H,3,6-7H2,1-2H3. The van der Waals surface area contributed by atoms with Crippen LogP contribution in [0.25, 0.3) is 0 Å². The summed E-state index contributed by atoms with van der Waals surface area (Å²) < 4.78 is 13.7. The molecule has 0 bridgehead atoms. The Bertz CT molecular complexity index is 379. The molecule has 1 rings (SSSR count). The van der Waals surface area contributed by atoms with Crippen molar-refractivity contribution in [1.29, 1.82) is 0 Å². The summed E-state index contributed by atoms with van der Waals surface area (Å²) in [5, 5.41) is 8.84. The lowest BCUT2D eigenvalue weighted by Crippen LogP contribution is -2.27. The van der Waals surface area contributed by atoms with E-state index in [1.54, 1.807) is 17.0 Å². The predicted molar refractivity (Wildman–Crippen MR) is 61.4 cm³/mol. The van der Waals surface area contributed by atoms with Crippen molar-refractivity contribution in [2.24, 2.45) is 0 Å². The lowest BCUT2D eigenvalue weighted by Gasteiger charge is -2.22. The van der Waals surface area contributed by atoms with Crippen molar-refractivity contribution in [2.45, 2.75) is 13.8 Å². The molecule has 0 spiro atoms. The van der Waals surface area contributed by atoms with Gasteiger partial charge < -0.3 is 10.0 Å². The molecule has 0 radical (unpaired) electrons. The third-order valence-corrected chi connectivity index (χ3v) is 2.45. The van der Waals surface area contributed by atoms with Crippen molar-refractivity contribution >= 4 is 11.5 Å². The van der Waals surface area contributed by atoms with E-state index in [0.29, 0.717) is 24.3 Å². The summed E-state index contributed by atoms with van der Waals surface area (Å²) in [5.74, 6) is -0.585. The Labute approximate surface area is 94.5 Å². The SMILES string of the molecule is CCN(CCO)c1ccc(C(C)=O)cc1F. The number of nitrogens with zero attached hydrogens (tertiary/aromatic N) is 1. The van der Waals surface area contributed by atoms with Crippen molar-refractivity contribution in [2.75, 3.05) is 24.6 Å². The fourth-order valence-corrected chi connectivity index (χ4v) is 1.55. The van der Waals surface area contributed by atoms with Gasteiger partial charge in [0.25, 0.3) is 0 Å². The number of carbonyl (C=O) groups excluding carboxylic acids is 1. The first-order valence-corrected chi connectivity index (χ1v) is 5.26. The van der Waals surface area contributed by atoms with Crippen molar-refractivity contribution in [3.05, 3.63) is 29.6 Å². The van der Waals surface area contributed by atoms with E-state index >= 15 is 0 Å². The second-order valence-corrected chi connectivity index (χ2v) is 3.53. The maximum atomic E-state index is 13.7. The maximum absolute atomic E-state index is 13.7. The van der Waals surface area contributed by atoms with Crippen LogP contribution >= 0.6 is 0 Å². The Balaban J connectivity index is 3.01. The molecule has 0 saturated carbocycles. The highest BCUT2D eigenvalue weighted by Crippen LogP contribution is 2.20. The van der Waals surface area contributed by atoms with Crippen molar-refractivity contribution in [3.63, 3.8) is 0 Å². The molecule has 88 valence electrons. The van der Waals surface area contributed by atoms with Gasteiger partial charge in [-0.2, -0.15) is 0 Å². The van der Waals surface area contributed by atoms with E-state index in [-0.39, 0.29) is 12.4 Å². The minimum Gasteiger partial charge on any atom is -0.395 e. The number of aliphatic hydroxyl groups is 1. The van der Waals surface area contributed by atoms with Crippen LogP contribution in [0.1, 0.15) is 24.2 Å². The molecular weight excluding hydrogens is 209 g/mol. The van der Waals surface area contributed by atoms with Crippen molar-refractivity contribution in [1.82, 2.24) is 0 Å². The van der Waals surface area contributed by atoms with Crippen LogP contribution < -0.4 is 4.90 Å². The summed E-state index contributed by atoms with van der Waals surface area (Å²) in [5.41, 5.74) is 0.780. The van der Waals surface area contributed by atoms with Gasteiger partial charge >= 0.3 is 0 Å². The summed E-state index contributed by atoms with van der Waals surface area (Å²) in [7, 11) is 0. The molecule has 0 aliphatic carbocycles. The molecule has 16 heavy (non-hydrogen) atoms. The van der Waals surface area contributed by atoms with Gasteiger partial charge in [0.05, 0.1) is 12.3 Å². The molecule has 1 aromatic carbocycles. The highest BCUT2D eigenvalue weighted by molar-refractivity contribution is 5.94. The van der Waals surface area contributed by atoms with Crippen molar-refractivity contribution < 1.29 is 14.3 Å². The minimum absolute atomic E-state index is 0.0261. The van der Waals surface area contributed by atoms with Gasteiger partial charge in [0, 0.05) is 18.7 Å². The van der Waals surface area contributed by atoms with Crippen molar-refractivity contribution in [3.8, 4) is 0 Å². The van der Waals surface area contributed by atoms with Crippen LogP contribution in [-0.4, -0.2) is 30.6 Å². The lowest BCUT2D eigenvalue weighted by molar-refractivity contribution is 0.101. The number of hydrogen-bond acceptors (Lipinski definition) is 3. The number of carbonyl (C=O) groups is 1. The van der Waals surface area contributed by atoms with E-state index in [9.17, 15) is 9.18 Å². The van der Waals surface area contributed by atoms with Gasteiger partial charge in [-0.05, 0) is 32.0 Å². The third kappa shape index (κ3) is 2.79. The number of hydrogen-bond donors (Lipinski definition) is 1. The zero-order chi connectivity index (χ0) is 12.1. The lowest BCUT2D eigenvalue weighted by atomic mass is 10.1. The maximum Gasteiger partial charge on any atom is 0.159 e. The van der Waals surface area contributed by atoms with Gasteiger partial charge in [-0.15, -0.1) is 0 Å². The number of anilines is 1. The molecule has 0 fully saturated rings. The quantitative estimate of drug-likeness (QED) is 0.777. The summed E-state index contributed by atoms with van der Waals surface area (Å²) in [6.07, 6.45) is 0. The fraction of sp³-hybridized carbons (Fsp3) is 0.417. The second kappa shape index (κ2) is 5.61. The Morgan fingerprint density at radius 1 is 1.50 bits per heavy atom. The van der Waals surface area contributed by atoms with E-state index in [1.807, 2.05) is 6.92 Å². The van der Waals surface area contributed by atoms with Crippen LogP contribution in [0.5, 0.6) is 0 Å². The highest BCUT2D eigenvalue weighted by Gasteiger charge is 2.11. The molecule has 0 unspecified atom stereocenters. The van der Waals surface area contributed by atoms with Crippen LogP contribution in [0, 0.1) is 5.82 Å². The third-order valence-electron chi connectivity index (χ3n) is 2.45. The molecule has 0 atom stereocenters. The molecule has 3 nitrogen and oxygen atoms in total. The Kier molecular flexibility index (Phi) is 4.43. The average molecular weight is 225 g/mol. The van der Waals surface area contributed by atoms with Crippen LogP contribution in [0.4, 0.5) is 10.1 Å². The molecule has 0 amide bonds. The number of rotatable bonds is 5. The molecule has 0 aliphatic heterocycles. The minimum atomic E-state index is -0.428. The van der Waals surface area contributed by atoms with Crippen LogP contribution in [0.15, 0.2) is 18.2 Å². The molecule has 0 aliphatic rings. The fourth-order valence-electron chi connectivity index (χ4n) is 1.55. The first-order chi connectivity index (χ1) is 7.60. The van der Waals surface area contributed by atoms with Crippen LogP contribution in [0.2, 0.25) is 0 Å². The molecule has 0 aromatic heterocycles. The average Bonchev–Trinajstić information content (AvgIpc) is 2.26. The summed E-state index contributed by atoms with van der Waals surface area (Å²) >= 11 is 0. The van der Waals surface area contributed by atoms with E-state index in [1.165, 1.54) is 13.0 Å². The molecule has 1 aromatic rings. The van der Waals surface area contributed by atoms with Gasteiger partial charge in [-0.3, -0.25) is 4.79 Å².